The molecule has 2 aliphatic heterocycles. The minimum absolute atomic E-state index is 0.0622. The van der Waals surface area contributed by atoms with Crippen LogP contribution in [0, 0.1) is 0 Å². The summed E-state index contributed by atoms with van der Waals surface area (Å²) in [7, 11) is -4.00. The van der Waals surface area contributed by atoms with Crippen LogP contribution in [0.2, 0.25) is 0 Å². The number of nitrogens with one attached hydrogen (secondary N) is 1. The first-order chi connectivity index (χ1) is 14.9. The molecule has 0 radical (unpaired) electrons. The Kier molecular flexibility index (Phi) is 5.92. The summed E-state index contributed by atoms with van der Waals surface area (Å²) in [6, 6.07) is 15.7. The molecule has 2 heterocycles. The summed E-state index contributed by atoms with van der Waals surface area (Å²) in [5.41, 5.74) is 1.00. The largest absolute Gasteiger partial charge is 0.447 e. The van der Waals surface area contributed by atoms with Gasteiger partial charge in [-0.3, -0.25) is 4.79 Å². The summed E-state index contributed by atoms with van der Waals surface area (Å²) < 4.78 is 32.8. The van der Waals surface area contributed by atoms with Crippen LogP contribution in [0.3, 0.4) is 0 Å². The van der Waals surface area contributed by atoms with Crippen LogP contribution in [0.4, 0.5) is 4.79 Å². The molecule has 0 saturated carbocycles. The van der Waals surface area contributed by atoms with Gasteiger partial charge in [0.15, 0.2) is 5.11 Å². The zero-order chi connectivity index (χ0) is 22.0. The third-order valence-electron chi connectivity index (χ3n) is 5.33. The molecule has 1 N–H and O–H groups in total. The van der Waals surface area contributed by atoms with E-state index in [0.717, 1.165) is 14.8 Å². The summed E-state index contributed by atoms with van der Waals surface area (Å²) in [6.07, 6.45) is 0.136. The maximum atomic E-state index is 13.4. The van der Waals surface area contributed by atoms with Crippen molar-refractivity contribution in [1.82, 2.24) is 14.5 Å². The molecule has 10 heteroatoms. The number of amides is 2. The fraction of sp³-hybridized carbons (Fsp3) is 0.286. The number of rotatable bonds is 6. The first kappa shape index (κ1) is 21.3. The number of carbonyl (C=O) groups is 2. The Labute approximate surface area is 185 Å². The number of imide groups is 1. The smallest absolute Gasteiger partial charge is 0.416 e. The van der Waals surface area contributed by atoms with Crippen molar-refractivity contribution < 1.29 is 22.7 Å². The molecule has 4 rings (SSSR count). The van der Waals surface area contributed by atoms with Gasteiger partial charge in [0, 0.05) is 0 Å². The molecule has 0 unspecified atom stereocenters. The monoisotopic (exact) mass is 459 g/mol. The molecule has 0 spiro atoms. The topological polar surface area (TPSA) is 96.0 Å². The fourth-order valence-electron chi connectivity index (χ4n) is 3.80. The van der Waals surface area contributed by atoms with E-state index in [1.807, 2.05) is 30.3 Å². The Hall–Kier alpha value is -2.98. The zero-order valence-electron chi connectivity index (χ0n) is 16.5. The molecule has 31 heavy (non-hydrogen) atoms. The van der Waals surface area contributed by atoms with Crippen molar-refractivity contribution in [2.24, 2.45) is 0 Å². The van der Waals surface area contributed by atoms with Crippen molar-refractivity contribution in [1.29, 1.82) is 0 Å². The first-order valence-electron chi connectivity index (χ1n) is 9.81. The third kappa shape index (κ3) is 4.13. The lowest BCUT2D eigenvalue weighted by molar-refractivity contribution is -0.130. The van der Waals surface area contributed by atoms with Crippen LogP contribution in [-0.4, -0.2) is 60.0 Å². The summed E-state index contributed by atoms with van der Waals surface area (Å²) in [5, 5.41) is 2.78. The number of sulfonamides is 1. The maximum absolute atomic E-state index is 13.4. The highest BCUT2D eigenvalue weighted by Crippen LogP contribution is 2.28. The first-order valence-corrected chi connectivity index (χ1v) is 11.7. The Balaban J connectivity index is 1.67. The predicted octanol–water partition coefficient (Wildman–Crippen LogP) is 1.91. The van der Waals surface area contributed by atoms with E-state index >= 15 is 0 Å². The van der Waals surface area contributed by atoms with E-state index in [0.29, 0.717) is 12.8 Å². The lowest BCUT2D eigenvalue weighted by Gasteiger charge is -2.27. The van der Waals surface area contributed by atoms with E-state index in [1.165, 1.54) is 12.1 Å². The molecule has 8 nitrogen and oxygen atoms in total. The normalized spacial score (nSPS) is 21.2. The Morgan fingerprint density at radius 1 is 1.10 bits per heavy atom. The van der Waals surface area contributed by atoms with E-state index in [1.54, 1.807) is 18.2 Å². The molecule has 2 atom stereocenters. The second-order valence-corrected chi connectivity index (χ2v) is 9.44. The number of aryl methyl sites for hydroxylation is 1. The molecule has 2 aromatic carbocycles. The average Bonchev–Trinajstić information content (AvgIpc) is 3.36. The lowest BCUT2D eigenvalue weighted by atomic mass is 10.00. The standard InChI is InChI=1S/C21H21N3O5S2/c25-19(23-13-14-29-21(23)26)18-17(12-11-15-7-3-1-4-8-15)24(20(30)22-18)31(27,28)16-9-5-2-6-10-16/h1-10,17-18H,11-14H2,(H,22,30)/t17-,18+/m0/s1. The van der Waals surface area contributed by atoms with Crippen LogP contribution in [0.15, 0.2) is 65.6 Å². The van der Waals surface area contributed by atoms with Crippen LogP contribution in [0.25, 0.3) is 0 Å². The van der Waals surface area contributed by atoms with Crippen molar-refractivity contribution in [2.75, 3.05) is 13.2 Å². The second kappa shape index (κ2) is 8.64. The van der Waals surface area contributed by atoms with Gasteiger partial charge in [-0.2, -0.15) is 0 Å². The van der Waals surface area contributed by atoms with E-state index in [4.69, 9.17) is 17.0 Å². The van der Waals surface area contributed by atoms with E-state index in [9.17, 15) is 18.0 Å². The van der Waals surface area contributed by atoms with Crippen LogP contribution in [-0.2, 0) is 26.0 Å². The molecule has 0 aromatic heterocycles. The SMILES string of the molecule is O=C1OCCN1C(=O)[C@@H]1NC(=S)N(S(=O)(=O)c2ccccc2)[C@H]1CCc1ccccc1. The van der Waals surface area contributed by atoms with E-state index in [-0.39, 0.29) is 23.2 Å². The molecule has 2 amide bonds. The molecule has 0 aliphatic carbocycles. The molecule has 2 saturated heterocycles. The number of thiocarbonyl (C=S) groups is 1. The molecule has 2 fully saturated rings. The van der Waals surface area contributed by atoms with Gasteiger partial charge in [-0.05, 0) is 42.8 Å². The molecular weight excluding hydrogens is 438 g/mol. The highest BCUT2D eigenvalue weighted by Gasteiger charge is 2.49. The van der Waals surface area contributed by atoms with Gasteiger partial charge in [0.05, 0.1) is 17.5 Å². The zero-order valence-corrected chi connectivity index (χ0v) is 18.1. The van der Waals surface area contributed by atoms with Crippen molar-refractivity contribution in [3.05, 3.63) is 66.2 Å². The summed E-state index contributed by atoms with van der Waals surface area (Å²) in [4.78, 5) is 26.1. The molecule has 162 valence electrons. The van der Waals surface area contributed by atoms with Gasteiger partial charge in [-0.25, -0.2) is 22.4 Å². The predicted molar refractivity (Wildman–Crippen MR) is 117 cm³/mol. The van der Waals surface area contributed by atoms with Crippen LogP contribution < -0.4 is 5.32 Å². The van der Waals surface area contributed by atoms with Gasteiger partial charge in [-0.15, -0.1) is 0 Å². The molecular formula is C21H21N3O5S2. The van der Waals surface area contributed by atoms with E-state index in [2.05, 4.69) is 5.32 Å². The number of nitrogens with zero attached hydrogens (tertiary/aromatic N) is 2. The van der Waals surface area contributed by atoms with Crippen LogP contribution in [0.1, 0.15) is 12.0 Å². The number of benzene rings is 2. The van der Waals surface area contributed by atoms with Crippen LogP contribution >= 0.6 is 12.2 Å². The molecule has 2 aromatic rings. The highest BCUT2D eigenvalue weighted by atomic mass is 32.2. The fourth-order valence-corrected chi connectivity index (χ4v) is 5.94. The Bertz CT molecular complexity index is 1090. The van der Waals surface area contributed by atoms with Crippen LogP contribution in [0.5, 0.6) is 0 Å². The van der Waals surface area contributed by atoms with E-state index < -0.39 is 34.1 Å². The Morgan fingerprint density at radius 2 is 1.74 bits per heavy atom. The number of hydrogen-bond donors (Lipinski definition) is 1. The van der Waals surface area contributed by atoms with Crippen molar-refractivity contribution in [2.45, 2.75) is 29.8 Å². The minimum atomic E-state index is -4.00. The number of carbonyl (C=O) groups excluding carboxylic acids is 2. The summed E-state index contributed by atoms with van der Waals surface area (Å²) >= 11 is 5.35. The van der Waals surface area contributed by atoms with Crippen molar-refractivity contribution >= 4 is 39.4 Å². The van der Waals surface area contributed by atoms with Crippen molar-refractivity contribution in [3.63, 3.8) is 0 Å². The average molecular weight is 460 g/mol. The summed E-state index contributed by atoms with van der Waals surface area (Å²) in [5.74, 6) is -0.548. The molecule has 2 aliphatic rings. The molecule has 0 bridgehead atoms. The van der Waals surface area contributed by atoms with Crippen molar-refractivity contribution in [3.8, 4) is 0 Å². The van der Waals surface area contributed by atoms with Gasteiger partial charge in [-0.1, -0.05) is 48.5 Å². The number of cyclic esters (lactones) is 1. The van der Waals surface area contributed by atoms with Gasteiger partial charge in [0.1, 0.15) is 12.6 Å². The Morgan fingerprint density at radius 3 is 2.35 bits per heavy atom. The van der Waals surface area contributed by atoms with Gasteiger partial charge < -0.3 is 10.1 Å². The highest BCUT2D eigenvalue weighted by molar-refractivity contribution is 7.91. The number of hydrogen-bond acceptors (Lipinski definition) is 6. The second-order valence-electron chi connectivity index (χ2n) is 7.24. The maximum Gasteiger partial charge on any atom is 0.416 e. The quantitative estimate of drug-likeness (QED) is 0.660. The lowest BCUT2D eigenvalue weighted by Crippen LogP contribution is -2.50. The minimum Gasteiger partial charge on any atom is -0.447 e. The summed E-state index contributed by atoms with van der Waals surface area (Å²) in [6.45, 7) is 0.238. The number of ether oxygens (including phenoxy) is 1. The third-order valence-corrected chi connectivity index (χ3v) is 7.60. The van der Waals surface area contributed by atoms with Gasteiger partial charge in [0.25, 0.3) is 15.9 Å². The van der Waals surface area contributed by atoms with Gasteiger partial charge >= 0.3 is 6.09 Å². The van der Waals surface area contributed by atoms with Gasteiger partial charge in [0.2, 0.25) is 0 Å².